The van der Waals surface area contributed by atoms with Crippen LogP contribution in [0.4, 0.5) is 0 Å². The van der Waals surface area contributed by atoms with Crippen LogP contribution < -0.4 is 0 Å². The predicted molar refractivity (Wildman–Crippen MR) is 56.7 cm³/mol. The Morgan fingerprint density at radius 1 is 1.25 bits per heavy atom. The standard InChI is InChI=1S/C10H13N3O3/c1-10(2,13(16)12-15)9(11-14)8-6-4-3-5-7-8/h3-7,14-15H,1-2H3/b11-9?,13-12-. The molecule has 2 N–H and O–H groups in total. The lowest BCUT2D eigenvalue weighted by molar-refractivity contribution is -0.605. The summed E-state index contributed by atoms with van der Waals surface area (Å²) < 4.78 is 0. The van der Waals surface area contributed by atoms with Gasteiger partial charge in [-0.2, -0.15) is 0 Å². The summed E-state index contributed by atoms with van der Waals surface area (Å²) in [7, 11) is 0. The van der Waals surface area contributed by atoms with E-state index in [1.54, 1.807) is 30.3 Å². The lowest BCUT2D eigenvalue weighted by atomic mass is 9.93. The van der Waals surface area contributed by atoms with Crippen LogP contribution in [-0.4, -0.2) is 26.5 Å². The summed E-state index contributed by atoms with van der Waals surface area (Å²) in [5.74, 6) is 0. The zero-order chi connectivity index (χ0) is 12.2. The first-order valence-corrected chi connectivity index (χ1v) is 4.64. The van der Waals surface area contributed by atoms with Gasteiger partial charge in [-0.15, -0.1) is 0 Å². The van der Waals surface area contributed by atoms with Crippen molar-refractivity contribution in [1.82, 2.24) is 0 Å². The second-order valence-electron chi connectivity index (χ2n) is 3.74. The van der Waals surface area contributed by atoms with Gasteiger partial charge < -0.3 is 15.6 Å². The first kappa shape index (κ1) is 12.0. The number of hydrogen-bond acceptors (Lipinski definition) is 4. The smallest absolute Gasteiger partial charge is 0.242 e. The highest BCUT2D eigenvalue weighted by Gasteiger charge is 2.37. The van der Waals surface area contributed by atoms with Crippen LogP contribution in [0.25, 0.3) is 0 Å². The maximum absolute atomic E-state index is 11.3. The number of hydroxylamine groups is 1. The molecule has 0 atom stereocenters. The molecular weight excluding hydrogens is 210 g/mol. The van der Waals surface area contributed by atoms with Gasteiger partial charge in [0.15, 0.2) is 11.0 Å². The lowest BCUT2D eigenvalue weighted by Gasteiger charge is -2.20. The minimum absolute atomic E-state index is 0.0784. The van der Waals surface area contributed by atoms with Crippen LogP contribution in [0.2, 0.25) is 0 Å². The molecular formula is C10H13N3O3. The summed E-state index contributed by atoms with van der Waals surface area (Å²) in [5, 5.41) is 34.4. The van der Waals surface area contributed by atoms with Gasteiger partial charge in [0.25, 0.3) is 0 Å². The van der Waals surface area contributed by atoms with E-state index in [2.05, 4.69) is 10.4 Å². The molecule has 0 spiro atoms. The number of nitrogens with zero attached hydrogens (tertiary/aromatic N) is 3. The second kappa shape index (κ2) is 4.61. The zero-order valence-electron chi connectivity index (χ0n) is 9.03. The minimum Gasteiger partial charge on any atom is -0.597 e. The summed E-state index contributed by atoms with van der Waals surface area (Å²) in [5.41, 5.74) is -0.550. The van der Waals surface area contributed by atoms with Crippen LogP contribution in [0.1, 0.15) is 19.4 Å². The first-order valence-electron chi connectivity index (χ1n) is 4.64. The number of hydrogen-bond donors (Lipinski definition) is 2. The Morgan fingerprint density at radius 3 is 2.25 bits per heavy atom. The molecule has 0 radical (unpaired) electrons. The van der Waals surface area contributed by atoms with E-state index >= 15 is 0 Å². The van der Waals surface area contributed by atoms with Crippen molar-refractivity contribution in [2.75, 3.05) is 0 Å². The molecule has 0 aliphatic heterocycles. The monoisotopic (exact) mass is 223 g/mol. The predicted octanol–water partition coefficient (Wildman–Crippen LogP) is 2.00. The average Bonchev–Trinajstić information content (AvgIpc) is 2.30. The molecule has 0 aromatic heterocycles. The maximum atomic E-state index is 11.3. The van der Waals surface area contributed by atoms with Crippen molar-refractivity contribution in [3.63, 3.8) is 0 Å². The van der Waals surface area contributed by atoms with Crippen LogP contribution in [-0.2, 0) is 0 Å². The van der Waals surface area contributed by atoms with Crippen LogP contribution >= 0.6 is 0 Å². The Labute approximate surface area is 92.7 Å². The lowest BCUT2D eigenvalue weighted by Crippen LogP contribution is -2.41. The summed E-state index contributed by atoms with van der Waals surface area (Å²) in [6.07, 6.45) is 0. The van der Waals surface area contributed by atoms with E-state index in [9.17, 15) is 5.21 Å². The molecule has 0 saturated carbocycles. The number of rotatable bonds is 3. The molecule has 0 amide bonds. The van der Waals surface area contributed by atoms with Crippen LogP contribution in [0.3, 0.4) is 0 Å². The Kier molecular flexibility index (Phi) is 3.44. The van der Waals surface area contributed by atoms with E-state index in [0.717, 1.165) is 0 Å². The van der Waals surface area contributed by atoms with Crippen LogP contribution in [0.5, 0.6) is 0 Å². The molecule has 0 aliphatic rings. The highest BCUT2D eigenvalue weighted by atomic mass is 16.6. The van der Waals surface area contributed by atoms with Crippen LogP contribution in [0, 0.1) is 5.21 Å². The van der Waals surface area contributed by atoms with Gasteiger partial charge in [-0.1, -0.05) is 35.5 Å². The normalized spacial score (nSPS) is 13.9. The Bertz CT molecular complexity index is 413. The van der Waals surface area contributed by atoms with Crippen molar-refractivity contribution in [2.24, 2.45) is 10.4 Å². The molecule has 0 aliphatic carbocycles. The molecule has 0 saturated heterocycles. The van der Waals surface area contributed by atoms with E-state index < -0.39 is 5.54 Å². The van der Waals surface area contributed by atoms with Crippen molar-refractivity contribution in [1.29, 1.82) is 0 Å². The molecule has 0 unspecified atom stereocenters. The van der Waals surface area contributed by atoms with Crippen molar-refractivity contribution in [3.8, 4) is 0 Å². The third-order valence-electron chi connectivity index (χ3n) is 2.29. The topological polar surface area (TPSA) is 91.2 Å². The molecule has 1 rings (SSSR count). The maximum Gasteiger partial charge on any atom is 0.242 e. The zero-order valence-corrected chi connectivity index (χ0v) is 9.03. The number of oxime groups is 1. The fraction of sp³-hybridized carbons (Fsp3) is 0.300. The molecule has 86 valence electrons. The Hall–Kier alpha value is -2.11. The van der Waals surface area contributed by atoms with Gasteiger partial charge in [0.2, 0.25) is 5.54 Å². The molecule has 6 nitrogen and oxygen atoms in total. The van der Waals surface area contributed by atoms with Crippen molar-refractivity contribution < 1.29 is 15.3 Å². The average molecular weight is 223 g/mol. The van der Waals surface area contributed by atoms with Crippen molar-refractivity contribution in [3.05, 3.63) is 41.1 Å². The van der Waals surface area contributed by atoms with E-state index in [4.69, 9.17) is 10.4 Å². The summed E-state index contributed by atoms with van der Waals surface area (Å²) in [6, 6.07) is 8.70. The summed E-state index contributed by atoms with van der Waals surface area (Å²) >= 11 is 0. The van der Waals surface area contributed by atoms with Gasteiger partial charge in [0.05, 0.1) is 0 Å². The summed E-state index contributed by atoms with van der Waals surface area (Å²) in [4.78, 5) is 0.0784. The number of benzene rings is 1. The minimum atomic E-state index is -1.26. The van der Waals surface area contributed by atoms with Crippen LogP contribution in [0.15, 0.2) is 40.8 Å². The highest BCUT2D eigenvalue weighted by molar-refractivity contribution is 6.05. The SMILES string of the molecule is CC(C)(C(=NO)c1ccccc1)/[N+]([O-])=N/O. The Morgan fingerprint density at radius 2 is 1.81 bits per heavy atom. The van der Waals surface area contributed by atoms with Gasteiger partial charge in [-0.25, -0.2) is 0 Å². The third kappa shape index (κ3) is 2.10. The fourth-order valence-electron chi connectivity index (χ4n) is 1.33. The summed E-state index contributed by atoms with van der Waals surface area (Å²) in [6.45, 7) is 2.98. The molecule has 6 heteroatoms. The molecule has 1 aromatic rings. The van der Waals surface area contributed by atoms with E-state index in [0.29, 0.717) is 5.56 Å². The molecule has 0 fully saturated rings. The van der Waals surface area contributed by atoms with E-state index in [1.807, 2.05) is 0 Å². The van der Waals surface area contributed by atoms with E-state index in [1.165, 1.54) is 13.8 Å². The van der Waals surface area contributed by atoms with Gasteiger partial charge in [-0.05, 0) is 4.86 Å². The van der Waals surface area contributed by atoms with Crippen molar-refractivity contribution in [2.45, 2.75) is 19.4 Å². The molecule has 0 heterocycles. The molecule has 1 aromatic carbocycles. The van der Waals surface area contributed by atoms with Gasteiger partial charge in [-0.3, -0.25) is 0 Å². The van der Waals surface area contributed by atoms with Gasteiger partial charge in [0, 0.05) is 19.4 Å². The van der Waals surface area contributed by atoms with Gasteiger partial charge >= 0.3 is 0 Å². The molecule has 16 heavy (non-hydrogen) atoms. The highest BCUT2D eigenvalue weighted by Crippen LogP contribution is 2.17. The largest absolute Gasteiger partial charge is 0.597 e. The third-order valence-corrected chi connectivity index (χ3v) is 2.29. The quantitative estimate of drug-likeness (QED) is 0.270. The second-order valence-corrected chi connectivity index (χ2v) is 3.74. The van der Waals surface area contributed by atoms with Gasteiger partial charge in [0.1, 0.15) is 0 Å². The Balaban J connectivity index is 3.20. The fourth-order valence-corrected chi connectivity index (χ4v) is 1.33. The molecule has 0 bridgehead atoms. The van der Waals surface area contributed by atoms with Crippen molar-refractivity contribution >= 4 is 5.71 Å². The first-order chi connectivity index (χ1) is 7.54. The van der Waals surface area contributed by atoms with E-state index in [-0.39, 0.29) is 10.6 Å².